The van der Waals surface area contributed by atoms with Gasteiger partial charge in [0.2, 0.25) is 0 Å². The summed E-state index contributed by atoms with van der Waals surface area (Å²) >= 11 is 0. The Hall–Kier alpha value is -0.0900. The molecule has 0 heterocycles. The lowest BCUT2D eigenvalue weighted by Gasteiger charge is -2.37. The van der Waals surface area contributed by atoms with Gasteiger partial charge >= 0.3 is 0 Å². The summed E-state index contributed by atoms with van der Waals surface area (Å²) in [6.45, 7) is 8.05. The maximum absolute atomic E-state index is 2.32. The van der Waals surface area contributed by atoms with Gasteiger partial charge in [-0.05, 0) is 32.4 Å². The minimum atomic E-state index is 0. The Labute approximate surface area is 111 Å². The average molecular weight is 319 g/mol. The van der Waals surface area contributed by atoms with E-state index < -0.39 is 0 Å². The summed E-state index contributed by atoms with van der Waals surface area (Å²) in [5, 5.41) is 0. The van der Waals surface area contributed by atoms with Crippen LogP contribution in [0.25, 0.3) is 0 Å². The molecule has 0 aliphatic rings. The van der Waals surface area contributed by atoms with Crippen LogP contribution in [0.2, 0.25) is 0 Å². The number of rotatable bonds is 4. The first-order valence-corrected chi connectivity index (χ1v) is 5.52. The Morgan fingerprint density at radius 1 is 1.13 bits per heavy atom. The molecule has 0 radical (unpaired) electrons. The zero-order valence-corrected chi connectivity index (χ0v) is 12.4. The van der Waals surface area contributed by atoms with Crippen LogP contribution < -0.4 is 28.5 Å². The standard InChI is InChI=1S/C13H22N.HI/c1-5-11-14(4,12(2)3)13-9-7-6-8-10-13;/h6-10,12H,5,11H2,1-4H3;1H/q+1;/p-1/t14-;/m1./s1. The van der Waals surface area contributed by atoms with Crippen molar-refractivity contribution in [3.63, 3.8) is 0 Å². The number of benzene rings is 1. The number of quaternary nitrogens is 1. The number of halogens is 1. The molecule has 15 heavy (non-hydrogen) atoms. The van der Waals surface area contributed by atoms with Crippen molar-refractivity contribution in [2.75, 3.05) is 13.6 Å². The third-order valence-electron chi connectivity index (χ3n) is 3.17. The zero-order chi connectivity index (χ0) is 10.6. The monoisotopic (exact) mass is 319 g/mol. The van der Waals surface area contributed by atoms with Gasteiger partial charge in [-0.3, -0.25) is 4.48 Å². The summed E-state index contributed by atoms with van der Waals surface area (Å²) in [4.78, 5) is 0. The zero-order valence-electron chi connectivity index (χ0n) is 10.2. The Morgan fingerprint density at radius 3 is 2.07 bits per heavy atom. The van der Waals surface area contributed by atoms with Crippen molar-refractivity contribution in [2.45, 2.75) is 33.2 Å². The van der Waals surface area contributed by atoms with Crippen molar-refractivity contribution in [3.8, 4) is 0 Å². The molecule has 0 unspecified atom stereocenters. The summed E-state index contributed by atoms with van der Waals surface area (Å²) in [5.41, 5.74) is 1.42. The van der Waals surface area contributed by atoms with Gasteiger partial charge in [0.15, 0.2) is 0 Å². The van der Waals surface area contributed by atoms with Gasteiger partial charge in [0.25, 0.3) is 0 Å². The van der Waals surface area contributed by atoms with Crippen molar-refractivity contribution >= 4 is 5.69 Å². The average Bonchev–Trinajstić information content (AvgIpc) is 2.19. The predicted octanol–water partition coefficient (Wildman–Crippen LogP) is 0.446. The Balaban J connectivity index is 0.00000196. The van der Waals surface area contributed by atoms with Crippen molar-refractivity contribution in [2.24, 2.45) is 0 Å². The second kappa shape index (κ2) is 6.48. The molecule has 0 aliphatic heterocycles. The maximum Gasteiger partial charge on any atom is 0.132 e. The molecule has 1 atom stereocenters. The molecule has 0 spiro atoms. The molecule has 0 aromatic heterocycles. The van der Waals surface area contributed by atoms with Crippen LogP contribution >= 0.6 is 0 Å². The van der Waals surface area contributed by atoms with Crippen LogP contribution in [0.15, 0.2) is 30.3 Å². The highest BCUT2D eigenvalue weighted by Gasteiger charge is 2.27. The highest BCUT2D eigenvalue weighted by molar-refractivity contribution is 5.42. The number of para-hydroxylation sites is 1. The van der Waals surface area contributed by atoms with Crippen molar-refractivity contribution in [1.82, 2.24) is 4.48 Å². The molecule has 86 valence electrons. The molecule has 0 fully saturated rings. The molecule has 1 aromatic rings. The van der Waals surface area contributed by atoms with Gasteiger partial charge in [-0.1, -0.05) is 25.1 Å². The molecule has 0 N–H and O–H groups in total. The van der Waals surface area contributed by atoms with Crippen LogP contribution in [0.4, 0.5) is 5.69 Å². The van der Waals surface area contributed by atoms with E-state index in [4.69, 9.17) is 0 Å². The first-order valence-electron chi connectivity index (χ1n) is 5.52. The van der Waals surface area contributed by atoms with E-state index in [9.17, 15) is 0 Å². The lowest BCUT2D eigenvalue weighted by Crippen LogP contribution is -3.00. The Bertz CT molecular complexity index is 271. The number of hydrogen-bond donors (Lipinski definition) is 0. The summed E-state index contributed by atoms with van der Waals surface area (Å²) in [6.07, 6.45) is 1.23. The van der Waals surface area contributed by atoms with E-state index in [2.05, 4.69) is 58.2 Å². The van der Waals surface area contributed by atoms with Crippen LogP contribution in [0.1, 0.15) is 27.2 Å². The molecular formula is C13H22IN. The van der Waals surface area contributed by atoms with Crippen LogP contribution in [-0.2, 0) is 0 Å². The Kier molecular flexibility index (Phi) is 6.44. The maximum atomic E-state index is 2.32. The smallest absolute Gasteiger partial charge is 0.132 e. The predicted molar refractivity (Wildman–Crippen MR) is 64.5 cm³/mol. The third kappa shape index (κ3) is 3.45. The van der Waals surface area contributed by atoms with Gasteiger partial charge in [0.05, 0.1) is 19.6 Å². The van der Waals surface area contributed by atoms with E-state index in [1.54, 1.807) is 0 Å². The molecule has 1 nitrogen and oxygen atoms in total. The minimum Gasteiger partial charge on any atom is -1.00 e. The minimum absolute atomic E-state index is 0. The molecule has 0 amide bonds. The summed E-state index contributed by atoms with van der Waals surface area (Å²) in [6, 6.07) is 11.4. The third-order valence-corrected chi connectivity index (χ3v) is 3.17. The topological polar surface area (TPSA) is 0 Å². The molecule has 0 bridgehead atoms. The summed E-state index contributed by atoms with van der Waals surface area (Å²) in [7, 11) is 2.32. The second-order valence-corrected chi connectivity index (χ2v) is 4.42. The van der Waals surface area contributed by atoms with Gasteiger partial charge in [0.1, 0.15) is 5.69 Å². The van der Waals surface area contributed by atoms with Gasteiger partial charge in [-0.2, -0.15) is 0 Å². The molecule has 0 aliphatic carbocycles. The number of nitrogens with zero attached hydrogens (tertiary/aromatic N) is 1. The Morgan fingerprint density at radius 2 is 1.67 bits per heavy atom. The molecule has 0 saturated carbocycles. The fourth-order valence-electron chi connectivity index (χ4n) is 1.92. The lowest BCUT2D eigenvalue weighted by molar-refractivity contribution is -0.00000316. The summed E-state index contributed by atoms with van der Waals surface area (Å²) in [5.74, 6) is 0. The molecule has 2 heteroatoms. The van der Waals surface area contributed by atoms with Crippen molar-refractivity contribution in [1.29, 1.82) is 0 Å². The summed E-state index contributed by atoms with van der Waals surface area (Å²) < 4.78 is 1.04. The number of hydrogen-bond acceptors (Lipinski definition) is 0. The van der Waals surface area contributed by atoms with E-state index >= 15 is 0 Å². The first-order chi connectivity index (χ1) is 6.61. The van der Waals surface area contributed by atoms with Crippen molar-refractivity contribution in [3.05, 3.63) is 30.3 Å². The SMILES string of the molecule is CCC[N@@+](C)(c1ccccc1)C(C)C.[I-]. The van der Waals surface area contributed by atoms with Gasteiger partial charge < -0.3 is 24.0 Å². The molecule has 1 aromatic carbocycles. The van der Waals surface area contributed by atoms with Gasteiger partial charge in [-0.15, -0.1) is 0 Å². The molecule has 1 rings (SSSR count). The van der Waals surface area contributed by atoms with Crippen LogP contribution in [0.5, 0.6) is 0 Å². The highest BCUT2D eigenvalue weighted by Crippen LogP contribution is 2.24. The fraction of sp³-hybridized carbons (Fsp3) is 0.538. The fourth-order valence-corrected chi connectivity index (χ4v) is 1.92. The van der Waals surface area contributed by atoms with Crippen LogP contribution in [0.3, 0.4) is 0 Å². The molecular weight excluding hydrogens is 297 g/mol. The van der Waals surface area contributed by atoms with Crippen LogP contribution in [0, 0.1) is 0 Å². The quantitative estimate of drug-likeness (QED) is 0.558. The van der Waals surface area contributed by atoms with E-state index in [-0.39, 0.29) is 24.0 Å². The second-order valence-electron chi connectivity index (χ2n) is 4.42. The first kappa shape index (κ1) is 14.9. The van der Waals surface area contributed by atoms with Crippen molar-refractivity contribution < 1.29 is 24.0 Å². The largest absolute Gasteiger partial charge is 1.00 e. The van der Waals surface area contributed by atoms with Gasteiger partial charge in [0, 0.05) is 0 Å². The van der Waals surface area contributed by atoms with E-state index in [0.717, 1.165) is 4.48 Å². The van der Waals surface area contributed by atoms with Crippen LogP contribution in [-0.4, -0.2) is 19.6 Å². The highest BCUT2D eigenvalue weighted by atomic mass is 127. The van der Waals surface area contributed by atoms with E-state index in [0.29, 0.717) is 6.04 Å². The van der Waals surface area contributed by atoms with Gasteiger partial charge in [-0.25, -0.2) is 0 Å². The lowest BCUT2D eigenvalue weighted by atomic mass is 10.1. The van der Waals surface area contributed by atoms with E-state index in [1.807, 2.05) is 0 Å². The molecule has 0 saturated heterocycles. The normalized spacial score (nSPS) is 14.5. The van der Waals surface area contributed by atoms with E-state index in [1.165, 1.54) is 18.7 Å².